The summed E-state index contributed by atoms with van der Waals surface area (Å²) in [7, 11) is 0. The number of esters is 1. The van der Waals surface area contributed by atoms with E-state index in [1.54, 1.807) is 31.2 Å². The summed E-state index contributed by atoms with van der Waals surface area (Å²) in [6, 6.07) is 5.79. The summed E-state index contributed by atoms with van der Waals surface area (Å²) in [5, 5.41) is 10.1. The van der Waals surface area contributed by atoms with Gasteiger partial charge in [-0.15, -0.1) is 0 Å². The number of rotatable bonds is 6. The highest BCUT2D eigenvalue weighted by molar-refractivity contribution is 5.76. The molecule has 0 aliphatic carbocycles. The summed E-state index contributed by atoms with van der Waals surface area (Å²) in [6.45, 7) is 5.74. The molecule has 5 nitrogen and oxygen atoms in total. The second kappa shape index (κ2) is 7.11. The van der Waals surface area contributed by atoms with Crippen LogP contribution < -0.4 is 10.5 Å². The van der Waals surface area contributed by atoms with Crippen molar-refractivity contribution in [2.24, 2.45) is 5.73 Å². The molecule has 0 heterocycles. The first-order chi connectivity index (χ1) is 8.95. The molecule has 106 valence electrons. The van der Waals surface area contributed by atoms with Crippen LogP contribution in [0.15, 0.2) is 24.3 Å². The zero-order chi connectivity index (χ0) is 14.4. The van der Waals surface area contributed by atoms with Gasteiger partial charge in [0.25, 0.3) is 0 Å². The lowest BCUT2D eigenvalue weighted by Crippen LogP contribution is -2.38. The maximum Gasteiger partial charge on any atom is 0.325 e. The van der Waals surface area contributed by atoms with E-state index < -0.39 is 18.1 Å². The van der Waals surface area contributed by atoms with Gasteiger partial charge < -0.3 is 20.3 Å². The summed E-state index contributed by atoms with van der Waals surface area (Å²) in [4.78, 5) is 11.5. The van der Waals surface area contributed by atoms with Gasteiger partial charge in [0.2, 0.25) is 0 Å². The van der Waals surface area contributed by atoms with Crippen LogP contribution in [0.2, 0.25) is 0 Å². The van der Waals surface area contributed by atoms with E-state index in [-0.39, 0.29) is 12.7 Å². The van der Waals surface area contributed by atoms with Crippen molar-refractivity contribution >= 4 is 5.97 Å². The fraction of sp³-hybridized carbons (Fsp3) is 0.500. The third-order valence-corrected chi connectivity index (χ3v) is 2.47. The van der Waals surface area contributed by atoms with E-state index in [1.807, 2.05) is 13.8 Å². The standard InChI is InChI=1S/C14H21NO4/c1-4-18-14(17)12(15)13(16)10-6-5-7-11(8-10)19-9(2)3/h5-9,12-13,16H,4,15H2,1-3H3. The van der Waals surface area contributed by atoms with Crippen LogP contribution >= 0.6 is 0 Å². The summed E-state index contributed by atoms with van der Waals surface area (Å²) >= 11 is 0. The molecule has 0 spiro atoms. The maximum atomic E-state index is 11.5. The van der Waals surface area contributed by atoms with E-state index in [0.29, 0.717) is 11.3 Å². The Kier molecular flexibility index (Phi) is 5.79. The fourth-order valence-electron chi connectivity index (χ4n) is 1.62. The molecule has 0 amide bonds. The molecule has 0 aliphatic heterocycles. The molecule has 2 unspecified atom stereocenters. The van der Waals surface area contributed by atoms with Crippen molar-refractivity contribution in [1.29, 1.82) is 0 Å². The number of aliphatic hydroxyl groups is 1. The average Bonchev–Trinajstić information content (AvgIpc) is 2.36. The molecule has 1 aromatic rings. The Bertz CT molecular complexity index is 420. The molecule has 0 saturated carbocycles. The second-order valence-corrected chi connectivity index (χ2v) is 4.46. The molecular formula is C14H21NO4. The van der Waals surface area contributed by atoms with Crippen molar-refractivity contribution in [3.05, 3.63) is 29.8 Å². The van der Waals surface area contributed by atoms with E-state index >= 15 is 0 Å². The lowest BCUT2D eigenvalue weighted by atomic mass is 10.0. The van der Waals surface area contributed by atoms with Crippen LogP contribution in [0.4, 0.5) is 0 Å². The first-order valence-electron chi connectivity index (χ1n) is 6.32. The van der Waals surface area contributed by atoms with Crippen LogP contribution in [-0.4, -0.2) is 29.8 Å². The van der Waals surface area contributed by atoms with Crippen molar-refractivity contribution in [3.63, 3.8) is 0 Å². The van der Waals surface area contributed by atoms with Gasteiger partial charge >= 0.3 is 5.97 Å². The summed E-state index contributed by atoms with van der Waals surface area (Å²) in [6.07, 6.45) is -1.08. The Balaban J connectivity index is 2.81. The molecule has 0 aromatic heterocycles. The van der Waals surface area contributed by atoms with Crippen molar-refractivity contribution in [1.82, 2.24) is 0 Å². The van der Waals surface area contributed by atoms with Gasteiger partial charge in [0, 0.05) is 0 Å². The highest BCUT2D eigenvalue weighted by atomic mass is 16.5. The predicted molar refractivity (Wildman–Crippen MR) is 71.8 cm³/mol. The van der Waals surface area contributed by atoms with Crippen LogP contribution in [0, 0.1) is 0 Å². The number of carbonyl (C=O) groups is 1. The van der Waals surface area contributed by atoms with E-state index in [4.69, 9.17) is 15.2 Å². The lowest BCUT2D eigenvalue weighted by Gasteiger charge is -2.18. The SMILES string of the molecule is CCOC(=O)C(N)C(O)c1cccc(OC(C)C)c1. The Morgan fingerprint density at radius 1 is 1.42 bits per heavy atom. The largest absolute Gasteiger partial charge is 0.491 e. The third kappa shape index (κ3) is 4.54. The van der Waals surface area contributed by atoms with Crippen molar-refractivity contribution < 1.29 is 19.4 Å². The van der Waals surface area contributed by atoms with E-state index in [9.17, 15) is 9.90 Å². The van der Waals surface area contributed by atoms with Crippen LogP contribution in [0.3, 0.4) is 0 Å². The third-order valence-electron chi connectivity index (χ3n) is 2.47. The molecule has 3 N–H and O–H groups in total. The molecule has 0 radical (unpaired) electrons. The fourth-order valence-corrected chi connectivity index (χ4v) is 1.62. The number of aliphatic hydroxyl groups excluding tert-OH is 1. The smallest absolute Gasteiger partial charge is 0.325 e. The molecular weight excluding hydrogens is 246 g/mol. The van der Waals surface area contributed by atoms with Crippen LogP contribution in [0.5, 0.6) is 5.75 Å². The molecule has 5 heteroatoms. The second-order valence-electron chi connectivity index (χ2n) is 4.46. The highest BCUT2D eigenvalue weighted by Crippen LogP contribution is 2.22. The lowest BCUT2D eigenvalue weighted by molar-refractivity contribution is -0.147. The van der Waals surface area contributed by atoms with Crippen molar-refractivity contribution in [2.75, 3.05) is 6.61 Å². The van der Waals surface area contributed by atoms with Crippen LogP contribution in [0.1, 0.15) is 32.4 Å². The maximum absolute atomic E-state index is 11.5. The van der Waals surface area contributed by atoms with Crippen LogP contribution in [-0.2, 0) is 9.53 Å². The Hall–Kier alpha value is -1.59. The monoisotopic (exact) mass is 267 g/mol. The van der Waals surface area contributed by atoms with Gasteiger partial charge in [0.15, 0.2) is 0 Å². The molecule has 0 aliphatic rings. The van der Waals surface area contributed by atoms with Gasteiger partial charge in [-0.3, -0.25) is 4.79 Å². The summed E-state index contributed by atoms with van der Waals surface area (Å²) in [5.41, 5.74) is 6.19. The van der Waals surface area contributed by atoms with Gasteiger partial charge in [-0.25, -0.2) is 0 Å². The minimum Gasteiger partial charge on any atom is -0.491 e. The quantitative estimate of drug-likeness (QED) is 0.761. The Morgan fingerprint density at radius 2 is 2.11 bits per heavy atom. The van der Waals surface area contributed by atoms with Crippen molar-refractivity contribution in [2.45, 2.75) is 39.0 Å². The predicted octanol–water partition coefficient (Wildman–Crippen LogP) is 1.40. The van der Waals surface area contributed by atoms with Gasteiger partial charge in [0.1, 0.15) is 17.9 Å². The van der Waals surface area contributed by atoms with E-state index in [2.05, 4.69) is 0 Å². The van der Waals surface area contributed by atoms with Crippen LogP contribution in [0.25, 0.3) is 0 Å². The van der Waals surface area contributed by atoms with Gasteiger partial charge in [-0.1, -0.05) is 12.1 Å². The molecule has 19 heavy (non-hydrogen) atoms. The summed E-state index contributed by atoms with van der Waals surface area (Å²) < 4.78 is 10.3. The zero-order valence-corrected chi connectivity index (χ0v) is 11.5. The van der Waals surface area contributed by atoms with Gasteiger partial charge in [-0.2, -0.15) is 0 Å². The number of hydrogen-bond acceptors (Lipinski definition) is 5. The summed E-state index contributed by atoms with van der Waals surface area (Å²) in [5.74, 6) is 0.00721. The zero-order valence-electron chi connectivity index (χ0n) is 11.5. The molecule has 1 aromatic carbocycles. The topological polar surface area (TPSA) is 81.8 Å². The molecule has 0 bridgehead atoms. The van der Waals surface area contributed by atoms with Gasteiger partial charge in [0.05, 0.1) is 12.7 Å². The normalized spacial score (nSPS) is 14.0. The van der Waals surface area contributed by atoms with Crippen molar-refractivity contribution in [3.8, 4) is 5.75 Å². The van der Waals surface area contributed by atoms with E-state index in [1.165, 1.54) is 0 Å². The highest BCUT2D eigenvalue weighted by Gasteiger charge is 2.25. The number of nitrogens with two attached hydrogens (primary N) is 1. The van der Waals surface area contributed by atoms with E-state index in [0.717, 1.165) is 0 Å². The molecule has 1 rings (SSSR count). The molecule has 2 atom stereocenters. The number of hydrogen-bond donors (Lipinski definition) is 2. The molecule has 0 fully saturated rings. The first kappa shape index (κ1) is 15.5. The van der Waals surface area contributed by atoms with Gasteiger partial charge in [-0.05, 0) is 38.5 Å². The Morgan fingerprint density at radius 3 is 2.68 bits per heavy atom. The number of ether oxygens (including phenoxy) is 2. The minimum absolute atomic E-state index is 0.0334. The number of carbonyl (C=O) groups excluding carboxylic acids is 1. The minimum atomic E-state index is -1.12. The Labute approximate surface area is 113 Å². The molecule has 0 saturated heterocycles. The average molecular weight is 267 g/mol. The first-order valence-corrected chi connectivity index (χ1v) is 6.32. The number of benzene rings is 1.